The largest absolute Gasteiger partial charge is 0.496 e. The van der Waals surface area contributed by atoms with Gasteiger partial charge in [0.15, 0.2) is 0 Å². The van der Waals surface area contributed by atoms with Crippen LogP contribution in [0.4, 0.5) is 10.1 Å². The number of anilines is 1. The van der Waals surface area contributed by atoms with Gasteiger partial charge in [-0.1, -0.05) is 18.2 Å². The van der Waals surface area contributed by atoms with Crippen molar-refractivity contribution in [2.75, 3.05) is 12.4 Å². The van der Waals surface area contributed by atoms with Crippen molar-refractivity contribution in [2.45, 2.75) is 6.42 Å². The number of methoxy groups -OCH3 is 1. The Morgan fingerprint density at radius 1 is 1.12 bits per heavy atom. The fourth-order valence-corrected chi connectivity index (χ4v) is 2.52. The quantitative estimate of drug-likeness (QED) is 0.764. The Hall–Kier alpha value is -3.21. The molecule has 0 aliphatic rings. The van der Waals surface area contributed by atoms with Gasteiger partial charge in [-0.15, -0.1) is 0 Å². The maximum atomic E-state index is 13.0. The average molecular weight is 336 g/mol. The summed E-state index contributed by atoms with van der Waals surface area (Å²) in [5, 5.41) is 2.80. The van der Waals surface area contributed by atoms with Gasteiger partial charge in [-0.3, -0.25) is 9.78 Å². The summed E-state index contributed by atoms with van der Waals surface area (Å²) in [6, 6.07) is 15.3. The molecule has 0 aliphatic heterocycles. The van der Waals surface area contributed by atoms with Crippen LogP contribution in [0.25, 0.3) is 0 Å². The van der Waals surface area contributed by atoms with Gasteiger partial charge in [0, 0.05) is 6.20 Å². The van der Waals surface area contributed by atoms with E-state index in [1.807, 2.05) is 6.07 Å². The van der Waals surface area contributed by atoms with Gasteiger partial charge in [-0.25, -0.2) is 4.39 Å². The molecule has 126 valence electrons. The Labute approximate surface area is 145 Å². The molecule has 0 bridgehead atoms. The van der Waals surface area contributed by atoms with Crippen molar-refractivity contribution >= 4 is 11.6 Å². The third-order valence-electron chi connectivity index (χ3n) is 3.75. The van der Waals surface area contributed by atoms with Crippen LogP contribution < -0.4 is 10.1 Å². The number of carbonyl (C=O) groups excluding carboxylic acids is 1. The molecule has 3 aromatic rings. The zero-order valence-corrected chi connectivity index (χ0v) is 13.7. The van der Waals surface area contributed by atoms with Gasteiger partial charge in [0.2, 0.25) is 0 Å². The first-order chi connectivity index (χ1) is 12.2. The molecule has 3 rings (SSSR count). The standard InChI is InChI=1S/C20H17FN2O2/c1-25-19-9-6-15(11-14-4-7-16(21)8-5-14)12-18(19)20(24)23-17-3-2-10-22-13-17/h2-10,12-13H,11H2,1H3,(H,23,24). The van der Waals surface area contributed by atoms with Crippen molar-refractivity contribution in [1.82, 2.24) is 4.98 Å². The topological polar surface area (TPSA) is 51.2 Å². The Bertz CT molecular complexity index is 865. The molecule has 0 radical (unpaired) electrons. The summed E-state index contributed by atoms with van der Waals surface area (Å²) in [5.41, 5.74) is 2.94. The van der Waals surface area contributed by atoms with Crippen molar-refractivity contribution in [3.63, 3.8) is 0 Å². The molecular weight excluding hydrogens is 319 g/mol. The zero-order chi connectivity index (χ0) is 17.6. The van der Waals surface area contributed by atoms with E-state index in [9.17, 15) is 9.18 Å². The van der Waals surface area contributed by atoms with E-state index in [1.54, 1.807) is 48.8 Å². The first kappa shape index (κ1) is 16.6. The molecule has 25 heavy (non-hydrogen) atoms. The molecule has 1 N–H and O–H groups in total. The smallest absolute Gasteiger partial charge is 0.259 e. The van der Waals surface area contributed by atoms with Gasteiger partial charge >= 0.3 is 0 Å². The van der Waals surface area contributed by atoms with Crippen molar-refractivity contribution < 1.29 is 13.9 Å². The lowest BCUT2D eigenvalue weighted by Crippen LogP contribution is -2.13. The maximum absolute atomic E-state index is 13.0. The number of rotatable bonds is 5. The van der Waals surface area contributed by atoms with E-state index < -0.39 is 0 Å². The number of hydrogen-bond acceptors (Lipinski definition) is 3. The number of benzene rings is 2. The van der Waals surface area contributed by atoms with Crippen LogP contribution in [0.3, 0.4) is 0 Å². The predicted molar refractivity (Wildman–Crippen MR) is 94.4 cm³/mol. The number of nitrogens with zero attached hydrogens (tertiary/aromatic N) is 1. The molecule has 1 heterocycles. The molecule has 1 amide bonds. The average Bonchev–Trinajstić information content (AvgIpc) is 2.64. The van der Waals surface area contributed by atoms with Crippen LogP contribution in [0, 0.1) is 5.82 Å². The molecule has 2 aromatic carbocycles. The Morgan fingerprint density at radius 3 is 2.56 bits per heavy atom. The SMILES string of the molecule is COc1ccc(Cc2ccc(F)cc2)cc1C(=O)Nc1cccnc1. The molecule has 0 atom stereocenters. The molecule has 5 heteroatoms. The van der Waals surface area contributed by atoms with Crippen LogP contribution in [0.1, 0.15) is 21.5 Å². The van der Waals surface area contributed by atoms with Gasteiger partial charge < -0.3 is 10.1 Å². The predicted octanol–water partition coefficient (Wildman–Crippen LogP) is 4.07. The molecule has 0 saturated heterocycles. The number of ether oxygens (including phenoxy) is 1. The zero-order valence-electron chi connectivity index (χ0n) is 13.7. The van der Waals surface area contributed by atoms with Crippen molar-refractivity contribution in [2.24, 2.45) is 0 Å². The van der Waals surface area contributed by atoms with E-state index >= 15 is 0 Å². The monoisotopic (exact) mass is 336 g/mol. The van der Waals surface area contributed by atoms with Gasteiger partial charge in [0.25, 0.3) is 5.91 Å². The van der Waals surface area contributed by atoms with Crippen molar-refractivity contribution in [3.05, 3.63) is 89.5 Å². The van der Waals surface area contributed by atoms with Crippen LogP contribution in [-0.4, -0.2) is 18.0 Å². The van der Waals surface area contributed by atoms with E-state index in [0.717, 1.165) is 11.1 Å². The molecule has 1 aromatic heterocycles. The van der Waals surface area contributed by atoms with Crippen LogP contribution in [0.15, 0.2) is 67.0 Å². The van der Waals surface area contributed by atoms with Crippen LogP contribution in [-0.2, 0) is 6.42 Å². The van der Waals surface area contributed by atoms with Crippen molar-refractivity contribution in [1.29, 1.82) is 0 Å². The summed E-state index contributed by atoms with van der Waals surface area (Å²) >= 11 is 0. The summed E-state index contributed by atoms with van der Waals surface area (Å²) in [6.07, 6.45) is 3.81. The number of carbonyl (C=O) groups is 1. The van der Waals surface area contributed by atoms with Crippen LogP contribution in [0.2, 0.25) is 0 Å². The summed E-state index contributed by atoms with van der Waals surface area (Å²) < 4.78 is 18.3. The lowest BCUT2D eigenvalue weighted by molar-refractivity contribution is 0.102. The number of pyridine rings is 1. The van der Waals surface area contributed by atoms with Gasteiger partial charge in [-0.2, -0.15) is 0 Å². The van der Waals surface area contributed by atoms with E-state index in [2.05, 4.69) is 10.3 Å². The second-order valence-corrected chi connectivity index (χ2v) is 5.53. The summed E-state index contributed by atoms with van der Waals surface area (Å²) in [4.78, 5) is 16.6. The number of amides is 1. The summed E-state index contributed by atoms with van der Waals surface area (Å²) in [5.74, 6) is -0.0509. The van der Waals surface area contributed by atoms with Crippen molar-refractivity contribution in [3.8, 4) is 5.75 Å². The normalized spacial score (nSPS) is 10.3. The number of nitrogens with one attached hydrogen (secondary N) is 1. The highest BCUT2D eigenvalue weighted by atomic mass is 19.1. The molecule has 0 unspecified atom stereocenters. The highest BCUT2D eigenvalue weighted by Crippen LogP contribution is 2.23. The highest BCUT2D eigenvalue weighted by molar-refractivity contribution is 6.06. The van der Waals surface area contributed by atoms with E-state index in [-0.39, 0.29) is 11.7 Å². The molecule has 0 spiro atoms. The fourth-order valence-electron chi connectivity index (χ4n) is 2.52. The van der Waals surface area contributed by atoms with E-state index in [4.69, 9.17) is 4.74 Å². The number of aromatic nitrogens is 1. The van der Waals surface area contributed by atoms with Crippen LogP contribution in [0.5, 0.6) is 5.75 Å². The van der Waals surface area contributed by atoms with E-state index in [1.165, 1.54) is 19.2 Å². The second kappa shape index (κ2) is 7.57. The minimum absolute atomic E-state index is 0.269. The molecular formula is C20H17FN2O2. The minimum atomic E-state index is -0.272. The van der Waals surface area contributed by atoms with Gasteiger partial charge in [0.1, 0.15) is 11.6 Å². The number of halogens is 1. The first-order valence-electron chi connectivity index (χ1n) is 7.78. The Balaban J connectivity index is 1.84. The van der Waals surface area contributed by atoms with E-state index in [0.29, 0.717) is 23.4 Å². The third kappa shape index (κ3) is 4.20. The lowest BCUT2D eigenvalue weighted by Gasteiger charge is -2.11. The molecule has 0 saturated carbocycles. The Kier molecular flexibility index (Phi) is 5.04. The molecule has 0 fully saturated rings. The molecule has 0 aliphatic carbocycles. The number of hydrogen-bond donors (Lipinski definition) is 1. The summed E-state index contributed by atoms with van der Waals surface area (Å²) in [7, 11) is 1.52. The highest BCUT2D eigenvalue weighted by Gasteiger charge is 2.14. The minimum Gasteiger partial charge on any atom is -0.496 e. The first-order valence-corrected chi connectivity index (χ1v) is 7.78. The van der Waals surface area contributed by atoms with Gasteiger partial charge in [0.05, 0.1) is 24.6 Å². The summed E-state index contributed by atoms with van der Waals surface area (Å²) in [6.45, 7) is 0. The lowest BCUT2D eigenvalue weighted by atomic mass is 10.0. The Morgan fingerprint density at radius 2 is 1.88 bits per heavy atom. The van der Waals surface area contributed by atoms with Gasteiger partial charge in [-0.05, 0) is 53.9 Å². The maximum Gasteiger partial charge on any atom is 0.259 e. The van der Waals surface area contributed by atoms with Crippen LogP contribution >= 0.6 is 0 Å². The molecule has 4 nitrogen and oxygen atoms in total. The second-order valence-electron chi connectivity index (χ2n) is 5.53. The third-order valence-corrected chi connectivity index (χ3v) is 3.75. The fraction of sp³-hybridized carbons (Fsp3) is 0.100.